The van der Waals surface area contributed by atoms with Crippen molar-refractivity contribution in [3.05, 3.63) is 35.9 Å². The third-order valence-electron chi connectivity index (χ3n) is 3.28. The third kappa shape index (κ3) is 4.28. The zero-order valence-corrected chi connectivity index (χ0v) is 12.2. The molecular formula is C15H24O4. The Balaban J connectivity index is 2.52. The molecule has 0 bridgehead atoms. The molecule has 0 amide bonds. The molecule has 0 aliphatic carbocycles. The average molecular weight is 268 g/mol. The van der Waals surface area contributed by atoms with Crippen LogP contribution in [-0.2, 0) is 25.6 Å². The van der Waals surface area contributed by atoms with E-state index in [-0.39, 0.29) is 5.92 Å². The van der Waals surface area contributed by atoms with Gasteiger partial charge in [0.15, 0.2) is 0 Å². The maximum absolute atomic E-state index is 5.74. The Hall–Kier alpha value is -0.940. The molecule has 1 unspecified atom stereocenters. The summed E-state index contributed by atoms with van der Waals surface area (Å²) >= 11 is 0. The second-order valence-corrected chi connectivity index (χ2v) is 4.32. The number of benzene rings is 1. The Morgan fingerprint density at radius 3 is 2.05 bits per heavy atom. The predicted octanol–water partition coefficient (Wildman–Crippen LogP) is 2.82. The van der Waals surface area contributed by atoms with Gasteiger partial charge < -0.3 is 18.9 Å². The normalized spacial score (nSPS) is 13.5. The summed E-state index contributed by atoms with van der Waals surface area (Å²) in [6, 6.07) is 10.1. The summed E-state index contributed by atoms with van der Waals surface area (Å²) in [4.78, 5) is 0. The zero-order valence-electron chi connectivity index (χ0n) is 12.2. The molecule has 4 nitrogen and oxygen atoms in total. The molecule has 1 aromatic carbocycles. The molecule has 1 atom stereocenters. The van der Waals surface area contributed by atoms with Crippen molar-refractivity contribution in [2.75, 3.05) is 27.9 Å². The molecule has 1 rings (SSSR count). The highest BCUT2D eigenvalue weighted by atomic mass is 16.9. The van der Waals surface area contributed by atoms with Crippen LogP contribution in [0.3, 0.4) is 0 Å². The molecular weight excluding hydrogens is 244 g/mol. The minimum atomic E-state index is -1.04. The predicted molar refractivity (Wildman–Crippen MR) is 73.6 cm³/mol. The summed E-state index contributed by atoms with van der Waals surface area (Å²) in [5.41, 5.74) is 1.15. The maximum Gasteiger partial charge on any atom is 0.287 e. The highest BCUT2D eigenvalue weighted by Crippen LogP contribution is 2.27. The molecule has 0 aliphatic heterocycles. The molecule has 0 saturated carbocycles. The van der Waals surface area contributed by atoms with Gasteiger partial charge in [-0.05, 0) is 12.0 Å². The van der Waals surface area contributed by atoms with Crippen LogP contribution in [0.2, 0.25) is 0 Å². The van der Waals surface area contributed by atoms with Gasteiger partial charge in [-0.1, -0.05) is 37.3 Å². The standard InChI is InChI=1S/C15H24O4/c1-5-14(15(16-2,17-3)18-4)12-19-11-13-9-7-6-8-10-13/h6-10,14H,5,11-12H2,1-4H3. The van der Waals surface area contributed by atoms with Gasteiger partial charge in [0.25, 0.3) is 5.97 Å². The molecule has 0 saturated heterocycles. The van der Waals surface area contributed by atoms with Crippen molar-refractivity contribution in [2.24, 2.45) is 5.92 Å². The molecule has 0 aliphatic rings. The maximum atomic E-state index is 5.74. The molecule has 108 valence electrons. The van der Waals surface area contributed by atoms with Crippen molar-refractivity contribution in [1.82, 2.24) is 0 Å². The lowest BCUT2D eigenvalue weighted by atomic mass is 10.0. The van der Waals surface area contributed by atoms with E-state index in [1.54, 1.807) is 21.3 Å². The van der Waals surface area contributed by atoms with Crippen molar-refractivity contribution in [1.29, 1.82) is 0 Å². The van der Waals surface area contributed by atoms with Crippen LogP contribution in [0, 0.1) is 5.92 Å². The van der Waals surface area contributed by atoms with Crippen LogP contribution in [0.1, 0.15) is 18.9 Å². The summed E-state index contributed by atoms with van der Waals surface area (Å²) in [5.74, 6) is -1.03. The Kier molecular flexibility index (Phi) is 7.02. The first-order valence-electron chi connectivity index (χ1n) is 6.49. The van der Waals surface area contributed by atoms with Gasteiger partial charge in [0.2, 0.25) is 0 Å². The quantitative estimate of drug-likeness (QED) is 0.645. The van der Waals surface area contributed by atoms with Crippen LogP contribution in [-0.4, -0.2) is 33.9 Å². The van der Waals surface area contributed by atoms with E-state index in [2.05, 4.69) is 6.92 Å². The largest absolute Gasteiger partial charge is 0.376 e. The van der Waals surface area contributed by atoms with Crippen molar-refractivity contribution in [3.8, 4) is 0 Å². The van der Waals surface area contributed by atoms with E-state index >= 15 is 0 Å². The van der Waals surface area contributed by atoms with E-state index in [0.29, 0.717) is 13.2 Å². The number of ether oxygens (including phenoxy) is 4. The Bertz CT molecular complexity index is 327. The van der Waals surface area contributed by atoms with Gasteiger partial charge in [-0.2, -0.15) is 0 Å². The number of hydrogen-bond donors (Lipinski definition) is 0. The van der Waals surface area contributed by atoms with Crippen molar-refractivity contribution >= 4 is 0 Å². The van der Waals surface area contributed by atoms with Crippen LogP contribution in [0.15, 0.2) is 30.3 Å². The number of hydrogen-bond acceptors (Lipinski definition) is 4. The van der Waals surface area contributed by atoms with Gasteiger partial charge >= 0.3 is 0 Å². The lowest BCUT2D eigenvalue weighted by Gasteiger charge is -2.35. The first kappa shape index (κ1) is 16.1. The smallest absolute Gasteiger partial charge is 0.287 e. The fraction of sp³-hybridized carbons (Fsp3) is 0.600. The van der Waals surface area contributed by atoms with Crippen molar-refractivity contribution in [3.63, 3.8) is 0 Å². The molecule has 0 N–H and O–H groups in total. The number of rotatable bonds is 9. The van der Waals surface area contributed by atoms with Crippen LogP contribution in [0.25, 0.3) is 0 Å². The highest BCUT2D eigenvalue weighted by Gasteiger charge is 2.39. The van der Waals surface area contributed by atoms with E-state index in [1.807, 2.05) is 30.3 Å². The first-order valence-corrected chi connectivity index (χ1v) is 6.49. The second kappa shape index (κ2) is 8.27. The summed E-state index contributed by atoms with van der Waals surface area (Å²) < 4.78 is 21.8. The fourth-order valence-electron chi connectivity index (χ4n) is 2.11. The van der Waals surface area contributed by atoms with Gasteiger partial charge in [0.05, 0.1) is 19.1 Å². The zero-order chi connectivity index (χ0) is 14.1. The summed E-state index contributed by atoms with van der Waals surface area (Å²) in [5, 5.41) is 0. The third-order valence-corrected chi connectivity index (χ3v) is 3.28. The topological polar surface area (TPSA) is 36.9 Å². The SMILES string of the molecule is CCC(COCc1ccccc1)C(OC)(OC)OC. The van der Waals surface area contributed by atoms with Gasteiger partial charge in [-0.25, -0.2) is 0 Å². The molecule has 0 aromatic heterocycles. The minimum Gasteiger partial charge on any atom is -0.376 e. The van der Waals surface area contributed by atoms with Gasteiger partial charge in [0.1, 0.15) is 0 Å². The van der Waals surface area contributed by atoms with Gasteiger partial charge in [-0.15, -0.1) is 0 Å². The molecule has 0 heterocycles. The van der Waals surface area contributed by atoms with Crippen LogP contribution >= 0.6 is 0 Å². The average Bonchev–Trinajstić information content (AvgIpc) is 2.48. The Morgan fingerprint density at radius 1 is 1.00 bits per heavy atom. The lowest BCUT2D eigenvalue weighted by molar-refractivity contribution is -0.383. The van der Waals surface area contributed by atoms with Crippen LogP contribution in [0.5, 0.6) is 0 Å². The van der Waals surface area contributed by atoms with Crippen molar-refractivity contribution < 1.29 is 18.9 Å². The van der Waals surface area contributed by atoms with E-state index in [1.165, 1.54) is 0 Å². The monoisotopic (exact) mass is 268 g/mol. The number of methoxy groups -OCH3 is 3. The highest BCUT2D eigenvalue weighted by molar-refractivity contribution is 5.13. The molecule has 0 spiro atoms. The fourth-order valence-corrected chi connectivity index (χ4v) is 2.11. The van der Waals surface area contributed by atoms with E-state index in [0.717, 1.165) is 12.0 Å². The molecule has 4 heteroatoms. The van der Waals surface area contributed by atoms with Gasteiger partial charge in [0, 0.05) is 21.3 Å². The first-order chi connectivity index (χ1) is 9.22. The molecule has 1 aromatic rings. The van der Waals surface area contributed by atoms with Crippen molar-refractivity contribution in [2.45, 2.75) is 25.9 Å². The summed E-state index contributed by atoms with van der Waals surface area (Å²) in [6.07, 6.45) is 0.838. The lowest BCUT2D eigenvalue weighted by Crippen LogP contribution is -2.45. The Labute approximate surface area is 115 Å². The van der Waals surface area contributed by atoms with Crippen LogP contribution < -0.4 is 0 Å². The van der Waals surface area contributed by atoms with Gasteiger partial charge in [-0.3, -0.25) is 0 Å². The molecule has 0 fully saturated rings. The van der Waals surface area contributed by atoms with Crippen LogP contribution in [0.4, 0.5) is 0 Å². The van der Waals surface area contributed by atoms with E-state index in [4.69, 9.17) is 18.9 Å². The Morgan fingerprint density at radius 2 is 1.58 bits per heavy atom. The van der Waals surface area contributed by atoms with E-state index < -0.39 is 5.97 Å². The molecule has 0 radical (unpaired) electrons. The van der Waals surface area contributed by atoms with E-state index in [9.17, 15) is 0 Å². The minimum absolute atomic E-state index is 0.0104. The summed E-state index contributed by atoms with van der Waals surface area (Å²) in [6.45, 7) is 3.15. The molecule has 19 heavy (non-hydrogen) atoms. The second-order valence-electron chi connectivity index (χ2n) is 4.32. The summed E-state index contributed by atoms with van der Waals surface area (Å²) in [7, 11) is 4.73.